The summed E-state index contributed by atoms with van der Waals surface area (Å²) in [7, 11) is 0. The van der Waals surface area contributed by atoms with Crippen LogP contribution >= 0.6 is 11.8 Å². The molecule has 166 valence electrons. The number of rotatable bonds is 13. The van der Waals surface area contributed by atoms with Crippen molar-refractivity contribution in [2.24, 2.45) is 17.4 Å². The molecule has 0 aromatic rings. The van der Waals surface area contributed by atoms with Gasteiger partial charge in [0, 0.05) is 0 Å². The van der Waals surface area contributed by atoms with Gasteiger partial charge in [-0.25, -0.2) is 4.79 Å². The normalized spacial score (nSPS) is 15.0. The molecule has 0 radical (unpaired) electrons. The van der Waals surface area contributed by atoms with E-state index < -0.39 is 60.2 Å². The molecular formula is C17H31N5O6S. The maximum atomic E-state index is 12.5. The van der Waals surface area contributed by atoms with Gasteiger partial charge in [0.2, 0.25) is 23.6 Å². The van der Waals surface area contributed by atoms with Gasteiger partial charge in [0.1, 0.15) is 18.1 Å². The van der Waals surface area contributed by atoms with E-state index in [2.05, 4.69) is 16.0 Å². The molecule has 0 rings (SSSR count). The minimum absolute atomic E-state index is 0.122. The molecule has 12 heteroatoms. The Morgan fingerprint density at radius 2 is 1.48 bits per heavy atom. The molecule has 0 aromatic heterocycles. The van der Waals surface area contributed by atoms with Crippen molar-refractivity contribution in [3.05, 3.63) is 0 Å². The summed E-state index contributed by atoms with van der Waals surface area (Å²) in [6.07, 6.45) is 1.44. The zero-order valence-electron chi connectivity index (χ0n) is 17.1. The zero-order chi connectivity index (χ0) is 22.7. The van der Waals surface area contributed by atoms with Crippen molar-refractivity contribution in [1.29, 1.82) is 0 Å². The van der Waals surface area contributed by atoms with Crippen LogP contribution in [0.4, 0.5) is 0 Å². The molecule has 0 aliphatic heterocycles. The summed E-state index contributed by atoms with van der Waals surface area (Å²) in [5, 5.41) is 16.3. The quantitative estimate of drug-likeness (QED) is 0.195. The second-order valence-corrected chi connectivity index (χ2v) is 7.90. The summed E-state index contributed by atoms with van der Waals surface area (Å²) >= 11 is 1.43. The average molecular weight is 434 g/mol. The monoisotopic (exact) mass is 433 g/mol. The summed E-state index contributed by atoms with van der Waals surface area (Å²) in [6.45, 7) is 4.97. The molecule has 0 aromatic carbocycles. The lowest BCUT2D eigenvalue weighted by Gasteiger charge is -2.24. The number of hydrogen-bond donors (Lipinski definition) is 6. The molecule has 0 aliphatic carbocycles. The number of aliphatic carboxylic acids is 1. The van der Waals surface area contributed by atoms with Crippen molar-refractivity contribution in [3.63, 3.8) is 0 Å². The third-order valence-electron chi connectivity index (χ3n) is 4.04. The summed E-state index contributed by atoms with van der Waals surface area (Å²) in [5.41, 5.74) is 10.7. The van der Waals surface area contributed by atoms with Gasteiger partial charge in [-0.2, -0.15) is 11.8 Å². The number of nitrogens with two attached hydrogens (primary N) is 2. The van der Waals surface area contributed by atoms with Crippen LogP contribution in [0.25, 0.3) is 0 Å². The van der Waals surface area contributed by atoms with E-state index in [-0.39, 0.29) is 12.3 Å². The summed E-state index contributed by atoms with van der Waals surface area (Å²) in [6, 6.07) is -4.30. The Morgan fingerprint density at radius 1 is 0.931 bits per heavy atom. The largest absolute Gasteiger partial charge is 0.480 e. The predicted octanol–water partition coefficient (Wildman–Crippen LogP) is -1.84. The molecule has 29 heavy (non-hydrogen) atoms. The van der Waals surface area contributed by atoms with E-state index in [0.717, 1.165) is 0 Å². The molecule has 8 N–H and O–H groups in total. The van der Waals surface area contributed by atoms with E-state index >= 15 is 0 Å². The van der Waals surface area contributed by atoms with Crippen molar-refractivity contribution in [3.8, 4) is 0 Å². The van der Waals surface area contributed by atoms with Crippen LogP contribution in [0.1, 0.15) is 33.6 Å². The number of primary amides is 1. The number of carboxylic acid groups (broad SMARTS) is 1. The molecule has 4 amide bonds. The Kier molecular flexibility index (Phi) is 11.9. The summed E-state index contributed by atoms with van der Waals surface area (Å²) in [5.74, 6) is -3.82. The average Bonchev–Trinajstić information content (AvgIpc) is 2.62. The molecule has 0 heterocycles. The first-order valence-electron chi connectivity index (χ1n) is 9.07. The van der Waals surface area contributed by atoms with Crippen molar-refractivity contribution >= 4 is 41.4 Å². The highest BCUT2D eigenvalue weighted by Gasteiger charge is 2.29. The summed E-state index contributed by atoms with van der Waals surface area (Å²) < 4.78 is 0. The predicted molar refractivity (Wildman–Crippen MR) is 109 cm³/mol. The van der Waals surface area contributed by atoms with Gasteiger partial charge < -0.3 is 32.5 Å². The molecule has 0 spiro atoms. The number of carbonyl (C=O) groups excluding carboxylic acids is 4. The van der Waals surface area contributed by atoms with Gasteiger partial charge >= 0.3 is 5.97 Å². The van der Waals surface area contributed by atoms with Gasteiger partial charge in [-0.1, -0.05) is 13.8 Å². The molecule has 11 nitrogen and oxygen atoms in total. The van der Waals surface area contributed by atoms with Crippen LogP contribution in [0.15, 0.2) is 0 Å². The third-order valence-corrected chi connectivity index (χ3v) is 4.68. The fraction of sp³-hybridized carbons (Fsp3) is 0.706. The molecule has 4 unspecified atom stereocenters. The van der Waals surface area contributed by atoms with Crippen LogP contribution in [-0.4, -0.2) is 70.9 Å². The van der Waals surface area contributed by atoms with Crippen LogP contribution in [0.3, 0.4) is 0 Å². The molecule has 0 saturated heterocycles. The smallest absolute Gasteiger partial charge is 0.326 e. The molecule has 0 saturated carbocycles. The Bertz CT molecular complexity index is 615. The fourth-order valence-corrected chi connectivity index (χ4v) is 2.62. The number of nitrogens with one attached hydrogen (secondary N) is 3. The molecule has 0 aliphatic rings. The Labute approximate surface area is 174 Å². The van der Waals surface area contributed by atoms with Gasteiger partial charge in [-0.05, 0) is 31.3 Å². The maximum Gasteiger partial charge on any atom is 0.326 e. The SMILES string of the molecule is CSCCC(NC(=O)C(C)NC(=O)C(N)C(C)C)C(=O)NC(CC(N)=O)C(=O)O. The lowest BCUT2D eigenvalue weighted by molar-refractivity contribution is -0.143. The van der Waals surface area contributed by atoms with E-state index in [9.17, 15) is 24.0 Å². The zero-order valence-corrected chi connectivity index (χ0v) is 17.9. The maximum absolute atomic E-state index is 12.5. The number of carbonyl (C=O) groups is 5. The molecule has 0 fully saturated rings. The van der Waals surface area contributed by atoms with Crippen LogP contribution < -0.4 is 27.4 Å². The van der Waals surface area contributed by atoms with Crippen LogP contribution in [0.5, 0.6) is 0 Å². The van der Waals surface area contributed by atoms with Gasteiger partial charge in [0.25, 0.3) is 0 Å². The third kappa shape index (κ3) is 10.1. The minimum Gasteiger partial charge on any atom is -0.480 e. The van der Waals surface area contributed by atoms with Crippen LogP contribution in [0.2, 0.25) is 0 Å². The highest BCUT2D eigenvalue weighted by molar-refractivity contribution is 7.98. The van der Waals surface area contributed by atoms with E-state index in [0.29, 0.717) is 5.75 Å². The topological polar surface area (TPSA) is 194 Å². The first kappa shape index (κ1) is 26.7. The lowest BCUT2D eigenvalue weighted by Crippen LogP contribution is -2.57. The van der Waals surface area contributed by atoms with Gasteiger partial charge in [-0.15, -0.1) is 0 Å². The molecule has 0 bridgehead atoms. The number of hydrogen-bond acceptors (Lipinski definition) is 7. The van der Waals surface area contributed by atoms with Gasteiger partial charge in [0.15, 0.2) is 0 Å². The van der Waals surface area contributed by atoms with E-state index in [1.54, 1.807) is 20.1 Å². The van der Waals surface area contributed by atoms with E-state index in [4.69, 9.17) is 16.6 Å². The molecular weight excluding hydrogens is 402 g/mol. The van der Waals surface area contributed by atoms with Crippen molar-refractivity contribution in [1.82, 2.24) is 16.0 Å². The lowest BCUT2D eigenvalue weighted by atomic mass is 10.0. The van der Waals surface area contributed by atoms with Gasteiger partial charge in [0.05, 0.1) is 12.5 Å². The second-order valence-electron chi connectivity index (χ2n) is 6.91. The molecule has 4 atom stereocenters. The van der Waals surface area contributed by atoms with E-state index in [1.807, 2.05) is 0 Å². The Balaban J connectivity index is 5.10. The standard InChI is InChI=1S/C17H31N5O6S/c1-8(2)13(19)16(26)20-9(3)14(24)21-10(5-6-29-4)15(25)22-11(17(27)28)7-12(18)23/h8-11,13H,5-7,19H2,1-4H3,(H2,18,23)(H,20,26)(H,21,24)(H,22,25)(H,27,28). The van der Waals surface area contributed by atoms with Crippen molar-refractivity contribution < 1.29 is 29.1 Å². The highest BCUT2D eigenvalue weighted by Crippen LogP contribution is 2.04. The number of carboxylic acids is 1. The first-order valence-corrected chi connectivity index (χ1v) is 10.5. The Morgan fingerprint density at radius 3 is 1.93 bits per heavy atom. The fourth-order valence-electron chi connectivity index (χ4n) is 2.15. The first-order chi connectivity index (χ1) is 13.4. The number of amides is 4. The highest BCUT2D eigenvalue weighted by atomic mass is 32.2. The second kappa shape index (κ2) is 13.0. The minimum atomic E-state index is -1.50. The van der Waals surface area contributed by atoms with Gasteiger partial charge in [-0.3, -0.25) is 19.2 Å². The number of thioether (sulfide) groups is 1. The van der Waals surface area contributed by atoms with Crippen LogP contribution in [0, 0.1) is 5.92 Å². The van der Waals surface area contributed by atoms with Crippen molar-refractivity contribution in [2.75, 3.05) is 12.0 Å². The van der Waals surface area contributed by atoms with Crippen molar-refractivity contribution in [2.45, 2.75) is 57.8 Å². The van der Waals surface area contributed by atoms with E-state index in [1.165, 1.54) is 18.7 Å². The van der Waals surface area contributed by atoms with Crippen LogP contribution in [-0.2, 0) is 24.0 Å². The Hall–Kier alpha value is -2.34. The summed E-state index contributed by atoms with van der Waals surface area (Å²) in [4.78, 5) is 59.1.